The quantitative estimate of drug-likeness (QED) is 0.878. The van der Waals surface area contributed by atoms with E-state index in [4.69, 9.17) is 4.74 Å². The van der Waals surface area contributed by atoms with E-state index in [1.807, 2.05) is 6.92 Å². The van der Waals surface area contributed by atoms with Crippen molar-refractivity contribution >= 4 is 5.91 Å². The summed E-state index contributed by atoms with van der Waals surface area (Å²) in [7, 11) is 0. The highest BCUT2D eigenvalue weighted by Gasteiger charge is 2.24. The van der Waals surface area contributed by atoms with Crippen LogP contribution in [0.25, 0.3) is 0 Å². The van der Waals surface area contributed by atoms with Crippen LogP contribution >= 0.6 is 0 Å². The smallest absolute Gasteiger partial charge is 0.261 e. The number of carbonyl (C=O) groups is 1. The molecule has 4 nitrogen and oxygen atoms in total. The van der Waals surface area contributed by atoms with Crippen molar-refractivity contribution in [3.63, 3.8) is 0 Å². The Hall–Kier alpha value is -1.62. The van der Waals surface area contributed by atoms with Gasteiger partial charge in [0.1, 0.15) is 11.6 Å². The van der Waals surface area contributed by atoms with E-state index in [2.05, 4.69) is 17.1 Å². The number of piperidine rings is 1. The fourth-order valence-corrected chi connectivity index (χ4v) is 2.69. The molecule has 1 heterocycles. The molecule has 1 atom stereocenters. The van der Waals surface area contributed by atoms with Gasteiger partial charge in [0.05, 0.1) is 0 Å². The van der Waals surface area contributed by atoms with Crippen molar-refractivity contribution in [2.75, 3.05) is 19.6 Å². The molecule has 5 heteroatoms. The highest BCUT2D eigenvalue weighted by Crippen LogP contribution is 2.15. The van der Waals surface area contributed by atoms with Crippen LogP contribution in [0.5, 0.6) is 5.75 Å². The van der Waals surface area contributed by atoms with Crippen LogP contribution in [0.15, 0.2) is 24.3 Å². The summed E-state index contributed by atoms with van der Waals surface area (Å²) in [5.41, 5.74) is 0. The summed E-state index contributed by atoms with van der Waals surface area (Å²) in [6.45, 7) is 7.18. The average molecular weight is 308 g/mol. The summed E-state index contributed by atoms with van der Waals surface area (Å²) in [6.07, 6.45) is 2.01. The third-order valence-corrected chi connectivity index (χ3v) is 4.14. The number of nitrogens with zero attached hydrogens (tertiary/aromatic N) is 1. The van der Waals surface area contributed by atoms with Gasteiger partial charge in [0, 0.05) is 19.1 Å². The van der Waals surface area contributed by atoms with Gasteiger partial charge < -0.3 is 15.0 Å². The lowest BCUT2D eigenvalue weighted by Crippen LogP contribution is -2.48. The maximum absolute atomic E-state index is 12.9. The van der Waals surface area contributed by atoms with Crippen LogP contribution in [0.1, 0.15) is 33.1 Å². The van der Waals surface area contributed by atoms with Crippen molar-refractivity contribution in [3.8, 4) is 5.75 Å². The summed E-state index contributed by atoms with van der Waals surface area (Å²) < 4.78 is 18.6. The first-order valence-electron chi connectivity index (χ1n) is 8.07. The van der Waals surface area contributed by atoms with Crippen LogP contribution in [-0.4, -0.2) is 42.6 Å². The zero-order valence-electron chi connectivity index (χ0n) is 13.3. The second-order valence-corrected chi connectivity index (χ2v) is 5.69. The second kappa shape index (κ2) is 8.13. The number of hydrogen-bond donors (Lipinski definition) is 1. The summed E-state index contributed by atoms with van der Waals surface area (Å²) in [6, 6.07) is 5.98. The minimum atomic E-state index is -0.533. The van der Waals surface area contributed by atoms with Gasteiger partial charge in [-0.15, -0.1) is 0 Å². The van der Waals surface area contributed by atoms with Gasteiger partial charge in [0.25, 0.3) is 5.91 Å². The third-order valence-electron chi connectivity index (χ3n) is 4.14. The Labute approximate surface area is 131 Å². The number of amides is 1. The first-order chi connectivity index (χ1) is 10.6. The van der Waals surface area contributed by atoms with Crippen molar-refractivity contribution < 1.29 is 13.9 Å². The normalized spacial score (nSPS) is 18.0. The lowest BCUT2D eigenvalue weighted by Gasteiger charge is -2.32. The monoisotopic (exact) mass is 308 g/mol. The fraction of sp³-hybridized carbons (Fsp3) is 0.588. The lowest BCUT2D eigenvalue weighted by atomic mass is 10.0. The molecule has 1 aromatic carbocycles. The minimum absolute atomic E-state index is 0.0817. The Kier molecular flexibility index (Phi) is 6.19. The molecule has 122 valence electrons. The Balaban J connectivity index is 1.85. The molecule has 1 amide bonds. The molecule has 1 aliphatic heterocycles. The van der Waals surface area contributed by atoms with Gasteiger partial charge in [0.15, 0.2) is 6.10 Å². The van der Waals surface area contributed by atoms with Crippen molar-refractivity contribution in [2.24, 2.45) is 0 Å². The van der Waals surface area contributed by atoms with Crippen LogP contribution < -0.4 is 10.1 Å². The number of rotatable bonds is 6. The third kappa shape index (κ3) is 4.70. The molecule has 1 saturated heterocycles. The molecule has 1 unspecified atom stereocenters. The molecule has 0 aliphatic carbocycles. The van der Waals surface area contributed by atoms with Crippen LogP contribution in [0.3, 0.4) is 0 Å². The van der Waals surface area contributed by atoms with E-state index in [0.717, 1.165) is 32.5 Å². The summed E-state index contributed by atoms with van der Waals surface area (Å²) in [5, 5.41) is 3.08. The van der Waals surface area contributed by atoms with Crippen molar-refractivity contribution in [3.05, 3.63) is 30.1 Å². The minimum Gasteiger partial charge on any atom is -0.481 e. The van der Waals surface area contributed by atoms with Crippen LogP contribution in [0, 0.1) is 5.82 Å². The number of ether oxygens (including phenoxy) is 1. The maximum Gasteiger partial charge on any atom is 0.261 e. The molecule has 2 rings (SSSR count). The predicted octanol–water partition coefficient (Wildman–Crippen LogP) is 2.58. The first kappa shape index (κ1) is 16.7. The predicted molar refractivity (Wildman–Crippen MR) is 84.4 cm³/mol. The van der Waals surface area contributed by atoms with E-state index in [0.29, 0.717) is 12.2 Å². The van der Waals surface area contributed by atoms with Gasteiger partial charge in [-0.25, -0.2) is 4.39 Å². The summed E-state index contributed by atoms with van der Waals surface area (Å²) >= 11 is 0. The van der Waals surface area contributed by atoms with Gasteiger partial charge in [-0.2, -0.15) is 0 Å². The average Bonchev–Trinajstić information content (AvgIpc) is 2.55. The number of halogens is 1. The first-order valence-corrected chi connectivity index (χ1v) is 8.07. The number of benzene rings is 1. The van der Waals surface area contributed by atoms with Crippen molar-refractivity contribution in [2.45, 2.75) is 45.3 Å². The Morgan fingerprint density at radius 1 is 1.32 bits per heavy atom. The highest BCUT2D eigenvalue weighted by atomic mass is 19.1. The maximum atomic E-state index is 12.9. The molecule has 1 aromatic rings. The van der Waals surface area contributed by atoms with Crippen molar-refractivity contribution in [1.29, 1.82) is 0 Å². The number of likely N-dealkylation sites (tertiary alicyclic amines) is 1. The zero-order chi connectivity index (χ0) is 15.9. The molecular formula is C17H25FN2O2. The Bertz CT molecular complexity index is 470. The van der Waals surface area contributed by atoms with Gasteiger partial charge >= 0.3 is 0 Å². The standard InChI is InChI=1S/C17H25FN2O2/c1-3-16(22-15-7-5-13(18)6-8-15)17(21)19-14-9-11-20(4-2)12-10-14/h5-8,14,16H,3-4,9-12H2,1-2H3,(H,19,21). The largest absolute Gasteiger partial charge is 0.481 e. The van der Waals surface area contributed by atoms with Gasteiger partial charge in [-0.3, -0.25) is 4.79 Å². The van der Waals surface area contributed by atoms with Gasteiger partial charge in [-0.1, -0.05) is 13.8 Å². The Morgan fingerprint density at radius 3 is 2.50 bits per heavy atom. The van der Waals surface area contributed by atoms with Crippen molar-refractivity contribution in [1.82, 2.24) is 10.2 Å². The molecule has 0 spiro atoms. The summed E-state index contributed by atoms with van der Waals surface area (Å²) in [4.78, 5) is 14.7. The van der Waals surface area contributed by atoms with Crippen LogP contribution in [0.4, 0.5) is 4.39 Å². The molecule has 0 bridgehead atoms. The zero-order valence-corrected chi connectivity index (χ0v) is 13.3. The molecular weight excluding hydrogens is 283 g/mol. The molecule has 1 fully saturated rings. The van der Waals surface area contributed by atoms with E-state index in [9.17, 15) is 9.18 Å². The molecule has 0 aromatic heterocycles. The van der Waals surface area contributed by atoms with E-state index < -0.39 is 6.10 Å². The fourth-order valence-electron chi connectivity index (χ4n) is 2.69. The number of hydrogen-bond acceptors (Lipinski definition) is 3. The van der Waals surface area contributed by atoms with Gasteiger partial charge in [-0.05, 0) is 50.1 Å². The van der Waals surface area contributed by atoms with E-state index in [1.165, 1.54) is 12.1 Å². The second-order valence-electron chi connectivity index (χ2n) is 5.69. The highest BCUT2D eigenvalue weighted by molar-refractivity contribution is 5.81. The molecule has 1 N–H and O–H groups in total. The van der Waals surface area contributed by atoms with E-state index in [-0.39, 0.29) is 17.8 Å². The SMILES string of the molecule is CCC(Oc1ccc(F)cc1)C(=O)NC1CCN(CC)CC1. The number of carbonyl (C=O) groups excluding carboxylic acids is 1. The van der Waals surface area contributed by atoms with Gasteiger partial charge in [0.2, 0.25) is 0 Å². The molecule has 22 heavy (non-hydrogen) atoms. The topological polar surface area (TPSA) is 41.6 Å². The van der Waals surface area contributed by atoms with Crippen LogP contribution in [0.2, 0.25) is 0 Å². The molecule has 0 radical (unpaired) electrons. The number of nitrogens with one attached hydrogen (secondary N) is 1. The molecule has 0 saturated carbocycles. The Morgan fingerprint density at radius 2 is 1.95 bits per heavy atom. The lowest BCUT2D eigenvalue weighted by molar-refractivity contribution is -0.129. The van der Waals surface area contributed by atoms with Crippen LogP contribution in [-0.2, 0) is 4.79 Å². The van der Waals surface area contributed by atoms with E-state index in [1.54, 1.807) is 12.1 Å². The van der Waals surface area contributed by atoms with E-state index >= 15 is 0 Å². The summed E-state index contributed by atoms with van der Waals surface area (Å²) in [5.74, 6) is 0.124. The molecule has 1 aliphatic rings.